The van der Waals surface area contributed by atoms with E-state index in [1.807, 2.05) is 0 Å². The molecule has 0 amide bonds. The quantitative estimate of drug-likeness (QED) is 0.523. The molecule has 2 nitrogen and oxygen atoms in total. The van der Waals surface area contributed by atoms with E-state index in [9.17, 15) is 13.6 Å². The molecule has 1 aromatic carbocycles. The van der Waals surface area contributed by atoms with Crippen LogP contribution in [0, 0.1) is 11.6 Å². The first-order valence-electron chi connectivity index (χ1n) is 6.21. The standard InChI is InChI=1S/C14H18F2O2/c1-2-3-4-5-8-18-10-14(17)12-7-6-11(15)9-13(12)16/h6-7,9H,2-5,8,10H2,1H3. The fourth-order valence-corrected chi connectivity index (χ4v) is 1.59. The summed E-state index contributed by atoms with van der Waals surface area (Å²) in [6.45, 7) is 2.45. The van der Waals surface area contributed by atoms with Gasteiger partial charge in [0.05, 0.1) is 5.56 Å². The molecule has 0 heterocycles. The van der Waals surface area contributed by atoms with Crippen LogP contribution in [0.3, 0.4) is 0 Å². The second-order valence-electron chi connectivity index (χ2n) is 4.16. The number of ether oxygens (including phenoxy) is 1. The number of hydrogen-bond donors (Lipinski definition) is 0. The number of hydrogen-bond acceptors (Lipinski definition) is 2. The summed E-state index contributed by atoms with van der Waals surface area (Å²) in [6.07, 6.45) is 4.24. The van der Waals surface area contributed by atoms with Crippen LogP contribution in [0.25, 0.3) is 0 Å². The van der Waals surface area contributed by atoms with Crippen molar-refractivity contribution in [2.45, 2.75) is 32.6 Å². The second-order valence-corrected chi connectivity index (χ2v) is 4.16. The molecule has 4 heteroatoms. The van der Waals surface area contributed by atoms with E-state index < -0.39 is 17.4 Å². The molecule has 100 valence electrons. The largest absolute Gasteiger partial charge is 0.373 e. The molecule has 1 aromatic rings. The van der Waals surface area contributed by atoms with Crippen molar-refractivity contribution in [3.8, 4) is 0 Å². The van der Waals surface area contributed by atoms with Gasteiger partial charge in [0, 0.05) is 12.7 Å². The predicted molar refractivity (Wildman–Crippen MR) is 65.6 cm³/mol. The average molecular weight is 256 g/mol. The van der Waals surface area contributed by atoms with Crippen molar-refractivity contribution >= 4 is 5.78 Å². The number of Topliss-reactive ketones (excluding diaryl/α,β-unsaturated/α-hetero) is 1. The van der Waals surface area contributed by atoms with Crippen LogP contribution < -0.4 is 0 Å². The van der Waals surface area contributed by atoms with E-state index >= 15 is 0 Å². The third-order valence-corrected chi connectivity index (χ3v) is 2.61. The maximum Gasteiger partial charge on any atom is 0.191 e. The van der Waals surface area contributed by atoms with Gasteiger partial charge in [0.25, 0.3) is 0 Å². The summed E-state index contributed by atoms with van der Waals surface area (Å²) < 4.78 is 31.1. The first kappa shape index (κ1) is 14.8. The molecule has 0 saturated carbocycles. The lowest BCUT2D eigenvalue weighted by Crippen LogP contribution is -2.11. The van der Waals surface area contributed by atoms with Gasteiger partial charge in [-0.3, -0.25) is 4.79 Å². The molecule has 0 saturated heterocycles. The molecule has 0 atom stereocenters. The summed E-state index contributed by atoms with van der Waals surface area (Å²) in [5.41, 5.74) is -0.120. The lowest BCUT2D eigenvalue weighted by molar-refractivity contribution is 0.0748. The number of carbonyl (C=O) groups excluding carboxylic acids is 1. The van der Waals surface area contributed by atoms with Crippen molar-refractivity contribution in [2.24, 2.45) is 0 Å². The Labute approximate surface area is 106 Å². The van der Waals surface area contributed by atoms with Gasteiger partial charge in [-0.25, -0.2) is 8.78 Å². The third kappa shape index (κ3) is 4.92. The fourth-order valence-electron chi connectivity index (χ4n) is 1.59. The van der Waals surface area contributed by atoms with Gasteiger partial charge in [-0.15, -0.1) is 0 Å². The van der Waals surface area contributed by atoms with E-state index in [0.717, 1.165) is 37.8 Å². The van der Waals surface area contributed by atoms with Crippen LogP contribution in [-0.4, -0.2) is 19.0 Å². The van der Waals surface area contributed by atoms with Gasteiger partial charge in [0.1, 0.15) is 18.2 Å². The lowest BCUT2D eigenvalue weighted by Gasteiger charge is -2.04. The van der Waals surface area contributed by atoms with Gasteiger partial charge in [0.2, 0.25) is 0 Å². The molecule has 0 spiro atoms. The maximum absolute atomic E-state index is 13.3. The average Bonchev–Trinajstić information content (AvgIpc) is 2.33. The van der Waals surface area contributed by atoms with Crippen LogP contribution in [-0.2, 0) is 4.74 Å². The summed E-state index contributed by atoms with van der Waals surface area (Å²) in [7, 11) is 0. The Morgan fingerprint density at radius 3 is 2.67 bits per heavy atom. The van der Waals surface area contributed by atoms with E-state index in [4.69, 9.17) is 4.74 Å². The summed E-state index contributed by atoms with van der Waals surface area (Å²) in [5.74, 6) is -1.98. The fraction of sp³-hybridized carbons (Fsp3) is 0.500. The molecule has 0 unspecified atom stereocenters. The van der Waals surface area contributed by atoms with Crippen LogP contribution >= 0.6 is 0 Å². The molecule has 0 fully saturated rings. The smallest absolute Gasteiger partial charge is 0.191 e. The molecular weight excluding hydrogens is 238 g/mol. The number of rotatable bonds is 8. The monoisotopic (exact) mass is 256 g/mol. The minimum Gasteiger partial charge on any atom is -0.373 e. The Hall–Kier alpha value is -1.29. The molecule has 0 aliphatic rings. The molecule has 0 N–H and O–H groups in total. The molecule has 1 rings (SSSR count). The van der Waals surface area contributed by atoms with E-state index in [0.29, 0.717) is 12.7 Å². The molecule has 0 radical (unpaired) electrons. The minimum absolute atomic E-state index is 0.120. The molecule has 0 bridgehead atoms. The van der Waals surface area contributed by atoms with Crippen molar-refractivity contribution in [1.82, 2.24) is 0 Å². The Kier molecular flexibility index (Phi) is 6.50. The molecule has 0 aliphatic carbocycles. The van der Waals surface area contributed by atoms with Crippen molar-refractivity contribution in [2.75, 3.05) is 13.2 Å². The zero-order valence-electron chi connectivity index (χ0n) is 10.5. The lowest BCUT2D eigenvalue weighted by atomic mass is 10.1. The Morgan fingerprint density at radius 2 is 2.00 bits per heavy atom. The highest BCUT2D eigenvalue weighted by Crippen LogP contribution is 2.10. The first-order valence-corrected chi connectivity index (χ1v) is 6.21. The summed E-state index contributed by atoms with van der Waals surface area (Å²) in [4.78, 5) is 11.6. The van der Waals surface area contributed by atoms with E-state index in [2.05, 4.69) is 6.92 Å². The van der Waals surface area contributed by atoms with Gasteiger partial charge in [-0.2, -0.15) is 0 Å². The van der Waals surface area contributed by atoms with Crippen molar-refractivity contribution in [1.29, 1.82) is 0 Å². The van der Waals surface area contributed by atoms with Crippen LogP contribution in [0.1, 0.15) is 43.0 Å². The van der Waals surface area contributed by atoms with E-state index in [-0.39, 0.29) is 12.2 Å². The van der Waals surface area contributed by atoms with Crippen molar-refractivity contribution in [3.63, 3.8) is 0 Å². The van der Waals surface area contributed by atoms with Gasteiger partial charge in [-0.05, 0) is 18.6 Å². The highest BCUT2D eigenvalue weighted by atomic mass is 19.1. The Morgan fingerprint density at radius 1 is 1.22 bits per heavy atom. The minimum atomic E-state index is -0.838. The Bertz CT molecular complexity index is 391. The summed E-state index contributed by atoms with van der Waals surface area (Å²) in [6, 6.07) is 2.92. The predicted octanol–water partition coefficient (Wildman–Crippen LogP) is 3.74. The highest BCUT2D eigenvalue weighted by molar-refractivity contribution is 5.97. The van der Waals surface area contributed by atoms with Crippen molar-refractivity contribution in [3.05, 3.63) is 35.4 Å². The molecule has 0 aromatic heterocycles. The first-order chi connectivity index (χ1) is 8.65. The third-order valence-electron chi connectivity index (χ3n) is 2.61. The zero-order valence-corrected chi connectivity index (χ0v) is 10.5. The second kappa shape index (κ2) is 7.93. The topological polar surface area (TPSA) is 26.3 Å². The number of carbonyl (C=O) groups is 1. The van der Waals surface area contributed by atoms with E-state index in [1.165, 1.54) is 0 Å². The van der Waals surface area contributed by atoms with Crippen molar-refractivity contribution < 1.29 is 18.3 Å². The SMILES string of the molecule is CCCCCCOCC(=O)c1ccc(F)cc1F. The highest BCUT2D eigenvalue weighted by Gasteiger charge is 2.12. The van der Waals surface area contributed by atoms with E-state index in [1.54, 1.807) is 0 Å². The number of ketones is 1. The Balaban J connectivity index is 2.32. The van der Waals surface area contributed by atoms with Crippen LogP contribution in [0.15, 0.2) is 18.2 Å². The van der Waals surface area contributed by atoms with Gasteiger partial charge < -0.3 is 4.74 Å². The molecule has 0 aliphatic heterocycles. The molecular formula is C14H18F2O2. The van der Waals surface area contributed by atoms with Gasteiger partial charge in [0.15, 0.2) is 5.78 Å². The summed E-state index contributed by atoms with van der Waals surface area (Å²) in [5, 5.41) is 0. The van der Waals surface area contributed by atoms with Crippen LogP contribution in [0.4, 0.5) is 8.78 Å². The summed E-state index contributed by atoms with van der Waals surface area (Å²) >= 11 is 0. The number of unbranched alkanes of at least 4 members (excludes halogenated alkanes) is 3. The van der Waals surface area contributed by atoms with Gasteiger partial charge >= 0.3 is 0 Å². The maximum atomic E-state index is 13.3. The van der Waals surface area contributed by atoms with Gasteiger partial charge in [-0.1, -0.05) is 26.2 Å². The number of benzene rings is 1. The van der Waals surface area contributed by atoms with Crippen LogP contribution in [0.2, 0.25) is 0 Å². The zero-order chi connectivity index (χ0) is 13.4. The normalized spacial score (nSPS) is 10.6. The van der Waals surface area contributed by atoms with Crippen LogP contribution in [0.5, 0.6) is 0 Å². The number of halogens is 2. The molecule has 18 heavy (non-hydrogen) atoms.